The summed E-state index contributed by atoms with van der Waals surface area (Å²) in [6.45, 7) is 3.53. The van der Waals surface area contributed by atoms with Crippen LogP contribution in [0, 0.1) is 0 Å². The molecule has 0 radical (unpaired) electrons. The second kappa shape index (κ2) is 7.16. The van der Waals surface area contributed by atoms with Gasteiger partial charge >= 0.3 is 11.9 Å². The number of hydrogen-bond donors (Lipinski definition) is 0. The van der Waals surface area contributed by atoms with Gasteiger partial charge in [-0.05, 0) is 26.0 Å². The van der Waals surface area contributed by atoms with Crippen LogP contribution >= 0.6 is 23.2 Å². The molecule has 6 heteroatoms. The minimum Gasteiger partial charge on any atom is -0.421 e. The first-order valence-electron chi connectivity index (χ1n) is 5.35. The molecule has 4 nitrogen and oxygen atoms in total. The summed E-state index contributed by atoms with van der Waals surface area (Å²) >= 11 is 10.8. The van der Waals surface area contributed by atoms with E-state index in [2.05, 4.69) is 0 Å². The molecule has 0 aliphatic rings. The molecule has 0 aliphatic carbocycles. The maximum atomic E-state index is 11.5. The Morgan fingerprint density at radius 2 is 1.63 bits per heavy atom. The van der Waals surface area contributed by atoms with Crippen LogP contribution in [0.5, 0.6) is 11.5 Å². The Bertz CT molecular complexity index is 505. The van der Waals surface area contributed by atoms with Crippen LogP contribution in [0.15, 0.2) is 35.9 Å². The summed E-state index contributed by atoms with van der Waals surface area (Å²) < 4.78 is 9.97. The summed E-state index contributed by atoms with van der Waals surface area (Å²) in [5, 5.41) is 0. The van der Waals surface area contributed by atoms with Crippen LogP contribution in [0.3, 0.4) is 0 Å². The maximum absolute atomic E-state index is 11.5. The lowest BCUT2D eigenvalue weighted by atomic mass is 10.3. The zero-order chi connectivity index (χ0) is 14.4. The first kappa shape index (κ1) is 15.5. The van der Waals surface area contributed by atoms with Gasteiger partial charge in [-0.2, -0.15) is 0 Å². The highest BCUT2D eigenvalue weighted by atomic mass is 35.5. The number of ether oxygens (including phenoxy) is 2. The Labute approximate surface area is 120 Å². The van der Waals surface area contributed by atoms with Crippen molar-refractivity contribution >= 4 is 35.1 Å². The highest BCUT2D eigenvalue weighted by molar-refractivity contribution is 6.53. The number of esters is 2. The van der Waals surface area contributed by atoms with Crippen LogP contribution < -0.4 is 9.47 Å². The second-order valence-electron chi connectivity index (χ2n) is 3.81. The molecule has 0 N–H and O–H groups in total. The molecule has 0 amide bonds. The fourth-order valence-corrected chi connectivity index (χ4v) is 1.23. The van der Waals surface area contributed by atoms with E-state index in [0.717, 1.165) is 5.57 Å². The molecule has 1 aromatic rings. The molecule has 19 heavy (non-hydrogen) atoms. The van der Waals surface area contributed by atoms with Crippen molar-refractivity contribution in [1.29, 1.82) is 0 Å². The third-order valence-electron chi connectivity index (χ3n) is 1.85. The predicted molar refractivity (Wildman–Crippen MR) is 72.6 cm³/mol. The van der Waals surface area contributed by atoms with Gasteiger partial charge in [0.1, 0.15) is 0 Å². The quantitative estimate of drug-likeness (QED) is 0.371. The monoisotopic (exact) mass is 302 g/mol. The summed E-state index contributed by atoms with van der Waals surface area (Å²) in [4.78, 5) is 21.5. The summed E-state index contributed by atoms with van der Waals surface area (Å²) in [7, 11) is 0. The highest BCUT2D eigenvalue weighted by Crippen LogP contribution is 2.27. The second-order valence-corrected chi connectivity index (χ2v) is 4.91. The third-order valence-corrected chi connectivity index (χ3v) is 2.21. The molecule has 0 aliphatic heterocycles. The van der Waals surface area contributed by atoms with Crippen molar-refractivity contribution in [3.63, 3.8) is 0 Å². The summed E-state index contributed by atoms with van der Waals surface area (Å²) in [5.74, 6) is -1.20. The lowest BCUT2D eigenvalue weighted by molar-refractivity contribution is -0.134. The van der Waals surface area contributed by atoms with E-state index in [-0.39, 0.29) is 11.5 Å². The lowest BCUT2D eigenvalue weighted by Crippen LogP contribution is -2.16. The van der Waals surface area contributed by atoms with E-state index in [4.69, 9.17) is 32.7 Å². The van der Waals surface area contributed by atoms with Crippen LogP contribution in [0.1, 0.15) is 13.8 Å². The standard InChI is InChI=1S/C13H12Cl2O4/c1-8(2)7-11(16)18-9-5-3-4-6-10(9)19-13(17)12(14)15/h3-7,12H,1-2H3. The summed E-state index contributed by atoms with van der Waals surface area (Å²) in [6.07, 6.45) is 1.32. The van der Waals surface area contributed by atoms with Gasteiger partial charge in [-0.15, -0.1) is 0 Å². The van der Waals surface area contributed by atoms with Gasteiger partial charge in [-0.1, -0.05) is 40.9 Å². The normalized spacial score (nSPS) is 9.95. The first-order chi connectivity index (χ1) is 8.90. The minimum absolute atomic E-state index is 0.0781. The number of alkyl halides is 2. The van der Waals surface area contributed by atoms with Crippen molar-refractivity contribution in [2.75, 3.05) is 0 Å². The Hall–Kier alpha value is -1.52. The van der Waals surface area contributed by atoms with E-state index >= 15 is 0 Å². The molecule has 1 rings (SSSR count). The largest absolute Gasteiger partial charge is 0.421 e. The summed E-state index contributed by atoms with van der Waals surface area (Å²) in [5.41, 5.74) is 0.793. The van der Waals surface area contributed by atoms with Crippen molar-refractivity contribution in [1.82, 2.24) is 0 Å². The smallest absolute Gasteiger partial charge is 0.344 e. The fourth-order valence-electron chi connectivity index (χ4n) is 1.15. The van der Waals surface area contributed by atoms with E-state index < -0.39 is 16.8 Å². The van der Waals surface area contributed by atoms with Gasteiger partial charge in [0.05, 0.1) is 0 Å². The Morgan fingerprint density at radius 3 is 2.11 bits per heavy atom. The molecule has 0 atom stereocenters. The molecule has 0 aromatic heterocycles. The molecule has 0 saturated heterocycles. The molecule has 0 saturated carbocycles. The van der Waals surface area contributed by atoms with Crippen LogP contribution in [-0.2, 0) is 9.59 Å². The zero-order valence-corrected chi connectivity index (χ0v) is 11.9. The number of carbonyl (C=O) groups excluding carboxylic acids is 2. The average molecular weight is 303 g/mol. The number of carbonyl (C=O) groups is 2. The number of hydrogen-bond acceptors (Lipinski definition) is 4. The van der Waals surface area contributed by atoms with Crippen molar-refractivity contribution in [2.24, 2.45) is 0 Å². The van der Waals surface area contributed by atoms with E-state index in [9.17, 15) is 9.59 Å². The van der Waals surface area contributed by atoms with Gasteiger partial charge in [0.2, 0.25) is 4.84 Å². The highest BCUT2D eigenvalue weighted by Gasteiger charge is 2.17. The topological polar surface area (TPSA) is 52.6 Å². The van der Waals surface area contributed by atoms with Gasteiger partial charge in [-0.25, -0.2) is 9.59 Å². The summed E-state index contributed by atoms with van der Waals surface area (Å²) in [6, 6.07) is 6.23. The first-order valence-corrected chi connectivity index (χ1v) is 6.23. The van der Waals surface area contributed by atoms with Crippen molar-refractivity contribution < 1.29 is 19.1 Å². The maximum Gasteiger partial charge on any atom is 0.344 e. The Balaban J connectivity index is 2.87. The number of rotatable bonds is 4. The lowest BCUT2D eigenvalue weighted by Gasteiger charge is -2.09. The van der Waals surface area contributed by atoms with E-state index in [1.54, 1.807) is 26.0 Å². The SMILES string of the molecule is CC(C)=CC(=O)Oc1ccccc1OC(=O)C(Cl)Cl. The molecular weight excluding hydrogens is 291 g/mol. The van der Waals surface area contributed by atoms with E-state index in [1.807, 2.05) is 0 Å². The number of halogens is 2. The van der Waals surface area contributed by atoms with Crippen LogP contribution in [0.4, 0.5) is 0 Å². The van der Waals surface area contributed by atoms with E-state index in [1.165, 1.54) is 18.2 Å². The van der Waals surface area contributed by atoms with Gasteiger partial charge in [0.15, 0.2) is 11.5 Å². The molecule has 1 aromatic carbocycles. The van der Waals surface area contributed by atoms with Crippen molar-refractivity contribution in [2.45, 2.75) is 18.7 Å². The molecule has 0 unspecified atom stereocenters. The Kier molecular flexibility index (Phi) is 5.86. The van der Waals surface area contributed by atoms with E-state index in [0.29, 0.717) is 0 Å². The van der Waals surface area contributed by atoms with Gasteiger partial charge in [0.25, 0.3) is 0 Å². The molecule has 0 heterocycles. The molecular formula is C13H12Cl2O4. The van der Waals surface area contributed by atoms with Crippen LogP contribution in [-0.4, -0.2) is 16.8 Å². The van der Waals surface area contributed by atoms with Gasteiger partial charge < -0.3 is 9.47 Å². The Morgan fingerprint density at radius 1 is 1.11 bits per heavy atom. The predicted octanol–water partition coefficient (Wildman–Crippen LogP) is 3.27. The van der Waals surface area contributed by atoms with Gasteiger partial charge in [0, 0.05) is 6.08 Å². The van der Waals surface area contributed by atoms with Crippen molar-refractivity contribution in [3.8, 4) is 11.5 Å². The molecule has 102 valence electrons. The number of allylic oxidation sites excluding steroid dienone is 1. The zero-order valence-electron chi connectivity index (χ0n) is 10.4. The van der Waals surface area contributed by atoms with Crippen LogP contribution in [0.2, 0.25) is 0 Å². The van der Waals surface area contributed by atoms with Gasteiger partial charge in [-0.3, -0.25) is 0 Å². The molecule has 0 spiro atoms. The number of para-hydroxylation sites is 2. The van der Waals surface area contributed by atoms with Crippen molar-refractivity contribution in [3.05, 3.63) is 35.9 Å². The fraction of sp³-hybridized carbons (Fsp3) is 0.231. The van der Waals surface area contributed by atoms with Crippen LogP contribution in [0.25, 0.3) is 0 Å². The molecule has 0 bridgehead atoms. The third kappa shape index (κ3) is 5.32. The molecule has 0 fully saturated rings. The minimum atomic E-state index is -1.30. The number of benzene rings is 1. The average Bonchev–Trinajstić information content (AvgIpc) is 2.30.